The third kappa shape index (κ3) is 3.91. The van der Waals surface area contributed by atoms with E-state index in [1.54, 1.807) is 35.1 Å². The molecular formula is C22H25FN4O5S. The van der Waals surface area contributed by atoms with Crippen molar-refractivity contribution in [2.24, 2.45) is 5.84 Å². The van der Waals surface area contributed by atoms with Gasteiger partial charge in [-0.3, -0.25) is 14.6 Å². The summed E-state index contributed by atoms with van der Waals surface area (Å²) in [6.07, 6.45) is 2.00. The maximum atomic E-state index is 15.8. The molecule has 4 N–H and O–H groups in total. The van der Waals surface area contributed by atoms with Gasteiger partial charge in [-0.15, -0.1) is 0 Å². The first-order valence-electron chi connectivity index (χ1n) is 10.6. The van der Waals surface area contributed by atoms with Crippen molar-refractivity contribution in [1.82, 2.24) is 9.73 Å². The van der Waals surface area contributed by atoms with Crippen molar-refractivity contribution < 1.29 is 27.5 Å². The average Bonchev–Trinajstić information content (AvgIpc) is 3.05. The molecule has 0 spiro atoms. The number of amides is 2. The number of aromatic hydroxyl groups is 1. The van der Waals surface area contributed by atoms with Crippen molar-refractivity contribution in [3.63, 3.8) is 0 Å². The predicted octanol–water partition coefficient (Wildman–Crippen LogP) is 1.76. The topological polar surface area (TPSA) is 133 Å². The Morgan fingerprint density at radius 2 is 2.03 bits per heavy atom. The lowest BCUT2D eigenvalue weighted by molar-refractivity contribution is -0.117. The molecule has 1 aliphatic carbocycles. The monoisotopic (exact) mass is 476 g/mol. The molecule has 2 aromatic carbocycles. The summed E-state index contributed by atoms with van der Waals surface area (Å²) in [6.45, 7) is 1.30. The first-order valence-corrected chi connectivity index (χ1v) is 12.0. The number of carbonyl (C=O) groups is 2. The van der Waals surface area contributed by atoms with Crippen LogP contribution in [0.2, 0.25) is 0 Å². The Bertz CT molecular complexity index is 1220. The van der Waals surface area contributed by atoms with E-state index in [4.69, 9.17) is 5.84 Å². The summed E-state index contributed by atoms with van der Waals surface area (Å²) in [7, 11) is -4.32. The molecule has 0 saturated carbocycles. The van der Waals surface area contributed by atoms with Crippen LogP contribution >= 0.6 is 0 Å². The van der Waals surface area contributed by atoms with Crippen molar-refractivity contribution >= 4 is 27.7 Å². The molecule has 2 aromatic rings. The van der Waals surface area contributed by atoms with Crippen molar-refractivity contribution in [2.45, 2.75) is 44.6 Å². The Morgan fingerprint density at radius 3 is 2.64 bits per heavy atom. The molecule has 176 valence electrons. The van der Waals surface area contributed by atoms with E-state index in [-0.39, 0.29) is 12.0 Å². The van der Waals surface area contributed by atoms with Gasteiger partial charge in [0.05, 0.1) is 5.54 Å². The van der Waals surface area contributed by atoms with Gasteiger partial charge in [-0.2, -0.15) is 8.42 Å². The molecular weight excluding hydrogens is 451 g/mol. The Kier molecular flexibility index (Phi) is 5.79. The molecule has 1 fully saturated rings. The number of benzene rings is 2. The summed E-state index contributed by atoms with van der Waals surface area (Å²) in [5.74, 6) is 3.62. The molecule has 11 heteroatoms. The van der Waals surface area contributed by atoms with Crippen molar-refractivity contribution in [1.29, 1.82) is 0 Å². The van der Waals surface area contributed by atoms with Gasteiger partial charge in [-0.1, -0.05) is 31.5 Å². The molecule has 33 heavy (non-hydrogen) atoms. The highest BCUT2D eigenvalue weighted by Crippen LogP contribution is 2.43. The third-order valence-corrected chi connectivity index (χ3v) is 7.69. The van der Waals surface area contributed by atoms with Crippen LogP contribution in [0.1, 0.15) is 47.7 Å². The van der Waals surface area contributed by atoms with Gasteiger partial charge < -0.3 is 5.11 Å². The van der Waals surface area contributed by atoms with Crippen LogP contribution in [0.15, 0.2) is 36.4 Å². The standard InChI is InChI=1S/C22H25FN4O5S/c1-2-9-22(27(24)21(30)14-6-4-3-5-7-14)10-8-15-11-17(28)20(19(23)16(15)12-22)26-13-18(29)25-33(26,31)32/h3-7,11,28H,2,8-10,12-13,24H2,1H3,(H,25,29). The molecule has 1 heterocycles. The van der Waals surface area contributed by atoms with Gasteiger partial charge in [0.15, 0.2) is 5.82 Å². The summed E-state index contributed by atoms with van der Waals surface area (Å²) in [5.41, 5.74) is -0.398. The average molecular weight is 477 g/mol. The molecule has 1 aliphatic heterocycles. The summed E-state index contributed by atoms with van der Waals surface area (Å²) in [4.78, 5) is 24.8. The highest BCUT2D eigenvalue weighted by atomic mass is 32.2. The zero-order chi connectivity index (χ0) is 24.0. The summed E-state index contributed by atoms with van der Waals surface area (Å²) in [5, 5.41) is 11.6. The van der Waals surface area contributed by atoms with Crippen LogP contribution in [0.4, 0.5) is 10.1 Å². The first-order chi connectivity index (χ1) is 15.6. The van der Waals surface area contributed by atoms with Gasteiger partial charge in [0, 0.05) is 12.0 Å². The fourth-order valence-corrected chi connectivity index (χ4v) is 5.90. The number of nitrogens with one attached hydrogen (secondary N) is 1. The number of fused-ring (bicyclic) bond motifs is 1. The first kappa shape index (κ1) is 23.0. The van der Waals surface area contributed by atoms with Gasteiger partial charge in [0.1, 0.15) is 18.0 Å². The Morgan fingerprint density at radius 1 is 1.33 bits per heavy atom. The van der Waals surface area contributed by atoms with Crippen molar-refractivity contribution in [3.05, 3.63) is 58.9 Å². The highest BCUT2D eigenvalue weighted by Gasteiger charge is 2.44. The number of hydrogen-bond acceptors (Lipinski definition) is 6. The molecule has 0 bridgehead atoms. The van der Waals surface area contributed by atoms with Crippen LogP contribution in [0.5, 0.6) is 5.75 Å². The third-order valence-electron chi connectivity index (χ3n) is 6.32. The minimum absolute atomic E-state index is 0.0413. The normalized spacial score (nSPS) is 21.4. The van der Waals surface area contributed by atoms with Crippen LogP contribution in [0.25, 0.3) is 0 Å². The number of carbonyl (C=O) groups excluding carboxylic acids is 2. The number of phenols is 1. The molecule has 1 unspecified atom stereocenters. The largest absolute Gasteiger partial charge is 0.506 e. The second-order valence-corrected chi connectivity index (χ2v) is 10.0. The quantitative estimate of drug-likeness (QED) is 0.342. The van der Waals surface area contributed by atoms with Gasteiger partial charge in [-0.25, -0.2) is 19.3 Å². The van der Waals surface area contributed by atoms with E-state index in [2.05, 4.69) is 0 Å². The summed E-state index contributed by atoms with van der Waals surface area (Å²) in [6, 6.07) is 9.86. The lowest BCUT2D eigenvalue weighted by Crippen LogP contribution is -2.58. The number of hydrazine groups is 1. The highest BCUT2D eigenvalue weighted by molar-refractivity contribution is 7.92. The minimum atomic E-state index is -4.32. The number of halogens is 1. The number of rotatable bonds is 5. The van der Waals surface area contributed by atoms with Gasteiger partial charge >= 0.3 is 10.2 Å². The number of nitrogens with two attached hydrogens (primary N) is 1. The van der Waals surface area contributed by atoms with Crippen LogP contribution < -0.4 is 14.9 Å². The molecule has 2 aliphatic rings. The second kappa shape index (κ2) is 8.31. The van der Waals surface area contributed by atoms with E-state index in [1.165, 1.54) is 11.1 Å². The molecule has 1 saturated heterocycles. The molecule has 9 nitrogen and oxygen atoms in total. The van der Waals surface area contributed by atoms with Gasteiger partial charge in [0.2, 0.25) is 0 Å². The predicted molar refractivity (Wildman–Crippen MR) is 119 cm³/mol. The van der Waals surface area contributed by atoms with Gasteiger partial charge in [-0.05, 0) is 48.6 Å². The number of phenolic OH excluding ortho intramolecular Hbond substituents is 1. The second-order valence-electron chi connectivity index (χ2n) is 8.43. The van der Waals surface area contributed by atoms with E-state index in [0.29, 0.717) is 41.1 Å². The van der Waals surface area contributed by atoms with E-state index in [9.17, 15) is 23.1 Å². The Balaban J connectivity index is 1.77. The number of nitrogens with zero attached hydrogens (tertiary/aromatic N) is 2. The zero-order valence-electron chi connectivity index (χ0n) is 18.0. The fourth-order valence-electron chi connectivity index (χ4n) is 4.74. The fraction of sp³-hybridized carbons (Fsp3) is 0.364. The van der Waals surface area contributed by atoms with E-state index in [0.717, 1.165) is 0 Å². The summed E-state index contributed by atoms with van der Waals surface area (Å²) < 4.78 is 42.6. The molecule has 2 amide bonds. The SMILES string of the molecule is CCCC1(N(N)C(=O)c2ccccc2)CCc2cc(O)c(N3CC(=O)NS3(=O)=O)c(F)c2C1. The number of anilines is 1. The zero-order valence-corrected chi connectivity index (χ0v) is 18.9. The van der Waals surface area contributed by atoms with E-state index in [1.807, 2.05) is 6.92 Å². The molecule has 4 rings (SSSR count). The van der Waals surface area contributed by atoms with E-state index >= 15 is 4.39 Å². The molecule has 0 aromatic heterocycles. The van der Waals surface area contributed by atoms with Crippen molar-refractivity contribution in [2.75, 3.05) is 10.8 Å². The van der Waals surface area contributed by atoms with Gasteiger partial charge in [0.25, 0.3) is 11.8 Å². The van der Waals surface area contributed by atoms with Crippen LogP contribution in [-0.4, -0.2) is 42.4 Å². The lowest BCUT2D eigenvalue weighted by Gasteiger charge is -2.45. The summed E-state index contributed by atoms with van der Waals surface area (Å²) >= 11 is 0. The van der Waals surface area contributed by atoms with Crippen LogP contribution in [0, 0.1) is 5.82 Å². The minimum Gasteiger partial charge on any atom is -0.506 e. The Hall–Kier alpha value is -3.18. The number of hydrogen-bond donors (Lipinski definition) is 3. The van der Waals surface area contributed by atoms with Crippen molar-refractivity contribution in [3.8, 4) is 5.75 Å². The lowest BCUT2D eigenvalue weighted by atomic mass is 9.74. The number of aryl methyl sites for hydroxylation is 1. The molecule has 1 atom stereocenters. The van der Waals surface area contributed by atoms with Crippen LogP contribution in [-0.2, 0) is 27.8 Å². The smallest absolute Gasteiger partial charge is 0.326 e. The molecule has 0 radical (unpaired) electrons. The Labute approximate surface area is 191 Å². The van der Waals surface area contributed by atoms with E-state index < -0.39 is 51.4 Å². The van der Waals surface area contributed by atoms with Crippen LogP contribution in [0.3, 0.4) is 0 Å². The maximum absolute atomic E-state index is 15.8. The maximum Gasteiger partial charge on any atom is 0.326 e.